The first-order valence-electron chi connectivity index (χ1n) is 7.62. The van der Waals surface area contributed by atoms with E-state index in [1.165, 1.54) is 12.3 Å². The van der Waals surface area contributed by atoms with Crippen molar-refractivity contribution < 1.29 is 18.0 Å². The lowest BCUT2D eigenvalue weighted by molar-refractivity contribution is -0.141. The Morgan fingerprint density at radius 3 is 2.45 bits per heavy atom. The average Bonchev–Trinajstić information content (AvgIpc) is 2.45. The van der Waals surface area contributed by atoms with Gasteiger partial charge >= 0.3 is 6.18 Å². The van der Waals surface area contributed by atoms with E-state index in [0.717, 1.165) is 63.2 Å². The highest BCUT2D eigenvalue weighted by Gasteiger charge is 2.44. The molecule has 0 bridgehead atoms. The summed E-state index contributed by atoms with van der Waals surface area (Å²) in [4.78, 5) is 16.0. The fourth-order valence-corrected chi connectivity index (χ4v) is 3.75. The summed E-state index contributed by atoms with van der Waals surface area (Å²) in [7, 11) is 0. The van der Waals surface area contributed by atoms with Crippen LogP contribution in [0.1, 0.15) is 36.9 Å². The van der Waals surface area contributed by atoms with Gasteiger partial charge in [-0.1, -0.05) is 6.07 Å². The van der Waals surface area contributed by atoms with Crippen molar-refractivity contribution in [3.8, 4) is 0 Å². The van der Waals surface area contributed by atoms with Crippen LogP contribution in [0.4, 0.5) is 13.2 Å². The molecule has 1 aromatic heterocycles. The number of pyridine rings is 1. The molecule has 120 valence electrons. The van der Waals surface area contributed by atoms with E-state index in [1.807, 2.05) is 0 Å². The molecule has 2 fully saturated rings. The Kier molecular flexibility index (Phi) is 3.87. The first-order chi connectivity index (χ1) is 10.4. The first kappa shape index (κ1) is 15.3. The summed E-state index contributed by atoms with van der Waals surface area (Å²) < 4.78 is 37.4. The lowest BCUT2D eigenvalue weighted by Gasteiger charge is -2.52. The van der Waals surface area contributed by atoms with Crippen LogP contribution in [0.3, 0.4) is 0 Å². The predicted molar refractivity (Wildman–Crippen MR) is 75.0 cm³/mol. The van der Waals surface area contributed by atoms with Gasteiger partial charge in [-0.05, 0) is 49.7 Å². The van der Waals surface area contributed by atoms with Crippen molar-refractivity contribution in [3.63, 3.8) is 0 Å². The van der Waals surface area contributed by atoms with Gasteiger partial charge in [-0.2, -0.15) is 13.2 Å². The Bertz CT molecular complexity index is 525. The number of hydrogen-bond acceptors (Lipinski definition) is 2. The van der Waals surface area contributed by atoms with E-state index in [1.54, 1.807) is 4.90 Å². The second-order valence-corrected chi connectivity index (χ2v) is 6.71. The van der Waals surface area contributed by atoms with Gasteiger partial charge in [0.2, 0.25) is 6.41 Å². The van der Waals surface area contributed by atoms with Crippen molar-refractivity contribution in [2.75, 3.05) is 13.1 Å². The number of carbonyl (C=O) groups excluding carboxylic acids is 1. The van der Waals surface area contributed by atoms with E-state index in [4.69, 9.17) is 0 Å². The standard InChI is InChI=1S/C16H19F3N2O/c17-16(18,19)14-2-1-13(8-20-14)7-12-3-5-15(6-4-12)9-21(10-15)11-22/h1-2,8,11-12H,3-7,9-10H2. The molecule has 1 aliphatic heterocycles. The van der Waals surface area contributed by atoms with E-state index in [9.17, 15) is 18.0 Å². The topological polar surface area (TPSA) is 33.2 Å². The van der Waals surface area contributed by atoms with Crippen LogP contribution >= 0.6 is 0 Å². The van der Waals surface area contributed by atoms with E-state index in [-0.39, 0.29) is 0 Å². The van der Waals surface area contributed by atoms with E-state index in [2.05, 4.69) is 4.98 Å². The van der Waals surface area contributed by atoms with Crippen LogP contribution in [-0.2, 0) is 17.4 Å². The molecule has 22 heavy (non-hydrogen) atoms. The Morgan fingerprint density at radius 1 is 1.27 bits per heavy atom. The van der Waals surface area contributed by atoms with Crippen molar-refractivity contribution in [1.29, 1.82) is 0 Å². The molecule has 2 aliphatic rings. The quantitative estimate of drug-likeness (QED) is 0.803. The smallest absolute Gasteiger partial charge is 0.344 e. The van der Waals surface area contributed by atoms with Crippen LogP contribution in [0.5, 0.6) is 0 Å². The first-order valence-corrected chi connectivity index (χ1v) is 7.62. The maximum atomic E-state index is 12.5. The minimum atomic E-state index is -4.37. The molecule has 6 heteroatoms. The molecule has 1 aliphatic carbocycles. The number of carbonyl (C=O) groups is 1. The van der Waals surface area contributed by atoms with Gasteiger partial charge in [-0.25, -0.2) is 0 Å². The summed E-state index contributed by atoms with van der Waals surface area (Å²) in [5, 5.41) is 0. The lowest BCUT2D eigenvalue weighted by atomic mass is 9.65. The number of halogens is 3. The molecule has 1 amide bonds. The van der Waals surface area contributed by atoms with E-state index < -0.39 is 11.9 Å². The second kappa shape index (κ2) is 5.56. The van der Waals surface area contributed by atoms with Gasteiger partial charge in [0.15, 0.2) is 0 Å². The molecule has 0 aromatic carbocycles. The van der Waals surface area contributed by atoms with Crippen LogP contribution in [0.25, 0.3) is 0 Å². The maximum Gasteiger partial charge on any atom is 0.433 e. The summed E-state index contributed by atoms with van der Waals surface area (Å²) in [6.07, 6.45) is 3.05. The Hall–Kier alpha value is -1.59. The SMILES string of the molecule is O=CN1CC2(CCC(Cc3ccc(C(F)(F)F)nc3)CC2)C1. The van der Waals surface area contributed by atoms with Gasteiger partial charge in [0, 0.05) is 24.7 Å². The van der Waals surface area contributed by atoms with Crippen LogP contribution in [0.2, 0.25) is 0 Å². The minimum Gasteiger partial charge on any atom is -0.344 e. The number of hydrogen-bond donors (Lipinski definition) is 0. The second-order valence-electron chi connectivity index (χ2n) is 6.71. The zero-order valence-electron chi connectivity index (χ0n) is 12.3. The van der Waals surface area contributed by atoms with Crippen molar-refractivity contribution in [2.45, 2.75) is 38.3 Å². The monoisotopic (exact) mass is 312 g/mol. The normalized spacial score (nSPS) is 21.7. The van der Waals surface area contributed by atoms with Crippen molar-refractivity contribution in [3.05, 3.63) is 29.6 Å². The predicted octanol–water partition coefficient (Wildman–Crippen LogP) is 3.29. The molecule has 1 spiro atoms. The summed E-state index contributed by atoms with van der Waals surface area (Å²) in [6, 6.07) is 2.60. The molecule has 1 saturated carbocycles. The van der Waals surface area contributed by atoms with Gasteiger partial charge in [0.25, 0.3) is 0 Å². The van der Waals surface area contributed by atoms with Gasteiger partial charge in [0.05, 0.1) is 0 Å². The van der Waals surface area contributed by atoms with Crippen LogP contribution < -0.4 is 0 Å². The van der Waals surface area contributed by atoms with Crippen molar-refractivity contribution in [2.24, 2.45) is 11.3 Å². The van der Waals surface area contributed by atoms with Gasteiger partial charge < -0.3 is 4.90 Å². The zero-order chi connectivity index (χ0) is 15.8. The third kappa shape index (κ3) is 3.10. The Balaban J connectivity index is 1.52. The third-order valence-corrected chi connectivity index (χ3v) is 5.03. The van der Waals surface area contributed by atoms with E-state index in [0.29, 0.717) is 11.3 Å². The Morgan fingerprint density at radius 2 is 1.95 bits per heavy atom. The van der Waals surface area contributed by atoms with Crippen LogP contribution in [-0.4, -0.2) is 29.4 Å². The lowest BCUT2D eigenvalue weighted by Crippen LogP contribution is -2.56. The van der Waals surface area contributed by atoms with E-state index >= 15 is 0 Å². The van der Waals surface area contributed by atoms with Gasteiger partial charge in [0.1, 0.15) is 5.69 Å². The summed E-state index contributed by atoms with van der Waals surface area (Å²) in [5.74, 6) is 0.509. The molecular weight excluding hydrogens is 293 g/mol. The summed E-state index contributed by atoms with van der Waals surface area (Å²) >= 11 is 0. The van der Waals surface area contributed by atoms with Crippen LogP contribution in [0, 0.1) is 11.3 Å². The molecular formula is C16H19F3N2O. The number of alkyl halides is 3. The Labute approximate surface area is 127 Å². The minimum absolute atomic E-state index is 0.315. The molecule has 1 saturated heterocycles. The fraction of sp³-hybridized carbons (Fsp3) is 0.625. The van der Waals surface area contributed by atoms with Gasteiger partial charge in [-0.15, -0.1) is 0 Å². The highest BCUT2D eigenvalue weighted by atomic mass is 19.4. The molecule has 2 heterocycles. The summed E-state index contributed by atoms with van der Waals surface area (Å²) in [6.45, 7) is 1.73. The molecule has 0 N–H and O–H groups in total. The average molecular weight is 312 g/mol. The molecule has 0 atom stereocenters. The number of likely N-dealkylation sites (tertiary alicyclic amines) is 1. The zero-order valence-corrected chi connectivity index (χ0v) is 12.3. The van der Waals surface area contributed by atoms with Crippen molar-refractivity contribution >= 4 is 6.41 Å². The van der Waals surface area contributed by atoms with Gasteiger partial charge in [-0.3, -0.25) is 9.78 Å². The largest absolute Gasteiger partial charge is 0.433 e. The van der Waals surface area contributed by atoms with Crippen molar-refractivity contribution in [1.82, 2.24) is 9.88 Å². The highest BCUT2D eigenvalue weighted by Crippen LogP contribution is 2.45. The summed E-state index contributed by atoms with van der Waals surface area (Å²) in [5.41, 5.74) is 0.356. The molecule has 3 nitrogen and oxygen atoms in total. The number of aromatic nitrogens is 1. The third-order valence-electron chi connectivity index (χ3n) is 5.03. The highest BCUT2D eigenvalue weighted by molar-refractivity contribution is 5.49. The van der Waals surface area contributed by atoms with Crippen LogP contribution in [0.15, 0.2) is 18.3 Å². The molecule has 3 rings (SSSR count). The number of nitrogens with zero attached hydrogens (tertiary/aromatic N) is 2. The molecule has 1 aromatic rings. The fourth-order valence-electron chi connectivity index (χ4n) is 3.75. The maximum absolute atomic E-state index is 12.5. The molecule has 0 unspecified atom stereocenters. The number of rotatable bonds is 3. The molecule has 0 radical (unpaired) electrons. The number of amides is 1.